The van der Waals surface area contributed by atoms with Gasteiger partial charge in [0.1, 0.15) is 0 Å². The number of amides is 1. The summed E-state index contributed by atoms with van der Waals surface area (Å²) in [5, 5.41) is 8.83. The molecule has 18 heavy (non-hydrogen) atoms. The van der Waals surface area contributed by atoms with Crippen LogP contribution in [0.4, 0.5) is 0 Å². The molecule has 0 aromatic heterocycles. The number of rotatable bonds is 4. The van der Waals surface area contributed by atoms with Gasteiger partial charge < -0.3 is 10.0 Å². The lowest BCUT2D eigenvalue weighted by atomic mass is 10.2. The molecule has 5 heteroatoms. The van der Waals surface area contributed by atoms with Crippen LogP contribution < -0.4 is 0 Å². The van der Waals surface area contributed by atoms with Gasteiger partial charge in [0.2, 0.25) is 5.91 Å². The van der Waals surface area contributed by atoms with Gasteiger partial charge in [-0.15, -0.1) is 0 Å². The predicted octanol–water partition coefficient (Wildman–Crippen LogP) is 0.507. The summed E-state index contributed by atoms with van der Waals surface area (Å²) in [6, 6.07) is 0. The fourth-order valence-corrected chi connectivity index (χ4v) is 2.64. The third-order valence-corrected chi connectivity index (χ3v) is 3.73. The van der Waals surface area contributed by atoms with Gasteiger partial charge in [-0.1, -0.05) is 13.8 Å². The summed E-state index contributed by atoms with van der Waals surface area (Å²) in [4.78, 5) is 27.0. The summed E-state index contributed by atoms with van der Waals surface area (Å²) in [6.45, 7) is 8.77. The summed E-state index contributed by atoms with van der Waals surface area (Å²) < 4.78 is 0. The van der Waals surface area contributed by atoms with Gasteiger partial charge in [-0.3, -0.25) is 14.5 Å². The number of carbonyl (C=O) groups excluding carboxylic acids is 1. The molecule has 1 heterocycles. The Morgan fingerprint density at radius 2 is 1.78 bits per heavy atom. The molecule has 2 rings (SSSR count). The van der Waals surface area contributed by atoms with E-state index in [1.165, 1.54) is 0 Å². The van der Waals surface area contributed by atoms with Crippen molar-refractivity contribution in [2.75, 3.05) is 32.7 Å². The molecule has 1 saturated carbocycles. The van der Waals surface area contributed by atoms with Gasteiger partial charge in [-0.25, -0.2) is 0 Å². The Labute approximate surface area is 108 Å². The van der Waals surface area contributed by atoms with Crippen molar-refractivity contribution in [3.8, 4) is 0 Å². The molecule has 0 aromatic rings. The van der Waals surface area contributed by atoms with Gasteiger partial charge in [-0.2, -0.15) is 0 Å². The monoisotopic (exact) mass is 254 g/mol. The van der Waals surface area contributed by atoms with Crippen molar-refractivity contribution in [3.63, 3.8) is 0 Å². The normalized spacial score (nSPS) is 28.5. The van der Waals surface area contributed by atoms with Crippen molar-refractivity contribution in [1.29, 1.82) is 0 Å². The second-order valence-electron chi connectivity index (χ2n) is 5.81. The molecule has 1 aliphatic carbocycles. The minimum absolute atomic E-state index is 0.0478. The highest BCUT2D eigenvalue weighted by Crippen LogP contribution is 2.40. The molecule has 2 aliphatic rings. The minimum Gasteiger partial charge on any atom is -0.481 e. The Bertz CT molecular complexity index is 335. The molecule has 5 nitrogen and oxygen atoms in total. The van der Waals surface area contributed by atoms with Crippen molar-refractivity contribution in [1.82, 2.24) is 9.80 Å². The molecule has 2 fully saturated rings. The molecule has 0 spiro atoms. The Morgan fingerprint density at radius 1 is 1.17 bits per heavy atom. The number of aliphatic carboxylic acids is 1. The highest BCUT2D eigenvalue weighted by molar-refractivity contribution is 5.89. The van der Waals surface area contributed by atoms with Gasteiger partial charge in [0.05, 0.1) is 11.8 Å². The van der Waals surface area contributed by atoms with Crippen LogP contribution in [0.25, 0.3) is 0 Å². The molecule has 1 amide bonds. The van der Waals surface area contributed by atoms with Crippen molar-refractivity contribution in [3.05, 3.63) is 0 Å². The van der Waals surface area contributed by atoms with Gasteiger partial charge in [0, 0.05) is 32.7 Å². The smallest absolute Gasteiger partial charge is 0.307 e. The minimum atomic E-state index is -0.827. The standard InChI is InChI=1S/C13H22N2O3/c1-9(2)8-14-3-5-15(6-4-14)12(16)10-7-11(10)13(17)18/h9-11H,3-8H2,1-2H3,(H,17,18). The van der Waals surface area contributed by atoms with Crippen LogP contribution in [-0.2, 0) is 9.59 Å². The van der Waals surface area contributed by atoms with Crippen molar-refractivity contribution in [2.45, 2.75) is 20.3 Å². The molecular weight excluding hydrogens is 232 g/mol. The van der Waals surface area contributed by atoms with E-state index in [0.717, 1.165) is 32.7 Å². The van der Waals surface area contributed by atoms with Crippen molar-refractivity contribution >= 4 is 11.9 Å². The van der Waals surface area contributed by atoms with E-state index >= 15 is 0 Å². The van der Waals surface area contributed by atoms with E-state index in [1.54, 1.807) is 0 Å². The Kier molecular flexibility index (Phi) is 3.90. The molecule has 0 aromatic carbocycles. The van der Waals surface area contributed by atoms with Crippen LogP contribution in [0, 0.1) is 17.8 Å². The molecule has 0 radical (unpaired) electrons. The Morgan fingerprint density at radius 3 is 2.22 bits per heavy atom. The topological polar surface area (TPSA) is 60.9 Å². The third-order valence-electron chi connectivity index (χ3n) is 3.73. The third kappa shape index (κ3) is 3.02. The summed E-state index contributed by atoms with van der Waals surface area (Å²) in [5.74, 6) is -0.809. The lowest BCUT2D eigenvalue weighted by Gasteiger charge is -2.35. The summed E-state index contributed by atoms with van der Waals surface area (Å²) in [5.41, 5.74) is 0. The van der Waals surface area contributed by atoms with Crippen molar-refractivity contribution < 1.29 is 14.7 Å². The number of hydrogen-bond acceptors (Lipinski definition) is 3. The van der Waals surface area contributed by atoms with Crippen LogP contribution in [0.1, 0.15) is 20.3 Å². The average Bonchev–Trinajstić information content (AvgIpc) is 3.08. The first-order valence-electron chi connectivity index (χ1n) is 6.73. The maximum absolute atomic E-state index is 12.0. The van der Waals surface area contributed by atoms with E-state index in [1.807, 2.05) is 4.90 Å². The van der Waals surface area contributed by atoms with Crippen molar-refractivity contribution in [2.24, 2.45) is 17.8 Å². The van der Waals surface area contributed by atoms with E-state index in [0.29, 0.717) is 12.3 Å². The molecule has 1 aliphatic heterocycles. The molecular formula is C13H22N2O3. The first-order chi connectivity index (χ1) is 8.49. The Balaban J connectivity index is 1.76. The quantitative estimate of drug-likeness (QED) is 0.794. The zero-order valence-electron chi connectivity index (χ0n) is 11.1. The number of carbonyl (C=O) groups is 2. The van der Waals surface area contributed by atoms with E-state index in [2.05, 4.69) is 18.7 Å². The highest BCUT2D eigenvalue weighted by Gasteiger charge is 2.49. The first-order valence-corrected chi connectivity index (χ1v) is 6.73. The highest BCUT2D eigenvalue weighted by atomic mass is 16.4. The largest absolute Gasteiger partial charge is 0.481 e. The Hall–Kier alpha value is -1.10. The van der Waals surface area contributed by atoms with Crippen LogP contribution in [0.15, 0.2) is 0 Å². The van der Waals surface area contributed by atoms with Gasteiger partial charge in [0.25, 0.3) is 0 Å². The van der Waals surface area contributed by atoms with E-state index in [9.17, 15) is 9.59 Å². The predicted molar refractivity (Wildman–Crippen MR) is 67.1 cm³/mol. The number of nitrogens with zero attached hydrogens (tertiary/aromatic N) is 2. The molecule has 2 unspecified atom stereocenters. The fraction of sp³-hybridized carbons (Fsp3) is 0.846. The first kappa shape index (κ1) is 13.3. The molecule has 1 N–H and O–H groups in total. The van der Waals surface area contributed by atoms with Crippen LogP contribution in [0.2, 0.25) is 0 Å². The van der Waals surface area contributed by atoms with Crippen LogP contribution >= 0.6 is 0 Å². The lowest BCUT2D eigenvalue weighted by molar-refractivity contribution is -0.142. The van der Waals surface area contributed by atoms with Crippen LogP contribution in [0.3, 0.4) is 0 Å². The van der Waals surface area contributed by atoms with E-state index in [-0.39, 0.29) is 11.8 Å². The lowest BCUT2D eigenvalue weighted by Crippen LogP contribution is -2.50. The summed E-state index contributed by atoms with van der Waals surface area (Å²) in [6.07, 6.45) is 0.528. The maximum Gasteiger partial charge on any atom is 0.307 e. The van der Waals surface area contributed by atoms with Crippen LogP contribution in [0.5, 0.6) is 0 Å². The van der Waals surface area contributed by atoms with E-state index in [4.69, 9.17) is 5.11 Å². The van der Waals surface area contributed by atoms with Gasteiger partial charge >= 0.3 is 5.97 Å². The second kappa shape index (κ2) is 5.26. The molecule has 102 valence electrons. The second-order valence-corrected chi connectivity index (χ2v) is 5.81. The van der Waals surface area contributed by atoms with E-state index < -0.39 is 11.9 Å². The number of carboxylic acids is 1. The maximum atomic E-state index is 12.0. The molecule has 0 bridgehead atoms. The number of piperazine rings is 1. The van der Waals surface area contributed by atoms with Gasteiger partial charge in [0.15, 0.2) is 0 Å². The fourth-order valence-electron chi connectivity index (χ4n) is 2.64. The number of carboxylic acid groups (broad SMARTS) is 1. The molecule has 1 saturated heterocycles. The summed E-state index contributed by atoms with van der Waals surface area (Å²) >= 11 is 0. The zero-order valence-corrected chi connectivity index (χ0v) is 11.1. The average molecular weight is 254 g/mol. The van der Waals surface area contributed by atoms with Crippen LogP contribution in [-0.4, -0.2) is 59.5 Å². The van der Waals surface area contributed by atoms with Gasteiger partial charge in [-0.05, 0) is 12.3 Å². The number of hydrogen-bond donors (Lipinski definition) is 1. The SMILES string of the molecule is CC(C)CN1CCN(C(=O)C2CC2C(=O)O)CC1. The molecule has 2 atom stereocenters. The summed E-state index contributed by atoms with van der Waals surface area (Å²) in [7, 11) is 0. The zero-order chi connectivity index (χ0) is 13.3.